The highest BCUT2D eigenvalue weighted by molar-refractivity contribution is 7.11. The van der Waals surface area contributed by atoms with E-state index in [4.69, 9.17) is 4.89 Å². The third kappa shape index (κ3) is 2.10. The Labute approximate surface area is 64.3 Å². The molecule has 1 heterocycles. The van der Waals surface area contributed by atoms with Crippen LogP contribution in [-0.4, -0.2) is 7.11 Å². The van der Waals surface area contributed by atoms with Crippen molar-refractivity contribution in [2.75, 3.05) is 7.11 Å². The van der Waals surface area contributed by atoms with E-state index in [0.29, 0.717) is 6.61 Å². The molecule has 0 aliphatic carbocycles. The predicted molar refractivity (Wildman–Crippen MR) is 40.9 cm³/mol. The first kappa shape index (κ1) is 7.72. The van der Waals surface area contributed by atoms with Crippen molar-refractivity contribution in [1.82, 2.24) is 0 Å². The average Bonchev–Trinajstić information content (AvgIpc) is 2.31. The largest absolute Gasteiger partial charge is 0.240 e. The normalized spacial score (nSPS) is 10.2. The predicted octanol–water partition coefficient (Wildman–Crippen LogP) is 2.13. The molecular weight excluding hydrogens is 148 g/mol. The fourth-order valence-electron chi connectivity index (χ4n) is 0.680. The summed E-state index contributed by atoms with van der Waals surface area (Å²) in [6.07, 6.45) is 0. The van der Waals surface area contributed by atoms with Crippen molar-refractivity contribution in [2.45, 2.75) is 13.5 Å². The Morgan fingerprint density at radius 1 is 1.50 bits per heavy atom. The molecular formula is C7H10O2S. The molecule has 3 heteroatoms. The molecule has 0 aliphatic heterocycles. The highest BCUT2D eigenvalue weighted by Gasteiger charge is 1.94. The molecule has 0 aromatic carbocycles. The average molecular weight is 158 g/mol. The Hall–Kier alpha value is -0.380. The fraction of sp³-hybridized carbons (Fsp3) is 0.429. The van der Waals surface area contributed by atoms with Gasteiger partial charge in [-0.3, -0.25) is 0 Å². The molecule has 10 heavy (non-hydrogen) atoms. The summed E-state index contributed by atoms with van der Waals surface area (Å²) < 4.78 is 0. The molecule has 0 saturated carbocycles. The summed E-state index contributed by atoms with van der Waals surface area (Å²) >= 11 is 1.72. The van der Waals surface area contributed by atoms with Crippen LogP contribution in [0.5, 0.6) is 0 Å². The summed E-state index contributed by atoms with van der Waals surface area (Å²) in [6.45, 7) is 2.62. The summed E-state index contributed by atoms with van der Waals surface area (Å²) in [7, 11) is 1.51. The third-order valence-electron chi connectivity index (χ3n) is 1.12. The first-order valence-corrected chi connectivity index (χ1v) is 3.85. The van der Waals surface area contributed by atoms with E-state index in [-0.39, 0.29) is 0 Å². The molecule has 0 fully saturated rings. The van der Waals surface area contributed by atoms with Crippen molar-refractivity contribution < 1.29 is 9.78 Å². The van der Waals surface area contributed by atoms with Gasteiger partial charge >= 0.3 is 0 Å². The van der Waals surface area contributed by atoms with Crippen LogP contribution < -0.4 is 0 Å². The standard InChI is InChI=1S/C7H10O2S/c1-6-3-4-7(10-6)5-9-8-2/h3-4H,5H2,1-2H3. The Morgan fingerprint density at radius 2 is 2.30 bits per heavy atom. The molecule has 0 unspecified atom stereocenters. The van der Waals surface area contributed by atoms with Gasteiger partial charge in [0, 0.05) is 9.75 Å². The second-order valence-electron chi connectivity index (χ2n) is 1.94. The monoisotopic (exact) mass is 158 g/mol. The quantitative estimate of drug-likeness (QED) is 0.495. The van der Waals surface area contributed by atoms with Gasteiger partial charge < -0.3 is 0 Å². The highest BCUT2D eigenvalue weighted by atomic mass is 32.1. The van der Waals surface area contributed by atoms with Gasteiger partial charge in [-0.15, -0.1) is 11.3 Å². The van der Waals surface area contributed by atoms with Crippen LogP contribution in [0.1, 0.15) is 9.75 Å². The summed E-state index contributed by atoms with van der Waals surface area (Å²) in [5.41, 5.74) is 0. The van der Waals surface area contributed by atoms with Crippen LogP contribution in [0.25, 0.3) is 0 Å². The summed E-state index contributed by atoms with van der Waals surface area (Å²) in [4.78, 5) is 11.7. The van der Waals surface area contributed by atoms with Gasteiger partial charge in [0.1, 0.15) is 6.61 Å². The number of rotatable bonds is 3. The van der Waals surface area contributed by atoms with Gasteiger partial charge in [-0.1, -0.05) is 0 Å². The van der Waals surface area contributed by atoms with Crippen molar-refractivity contribution >= 4 is 11.3 Å². The van der Waals surface area contributed by atoms with E-state index in [2.05, 4.69) is 17.9 Å². The third-order valence-corrected chi connectivity index (χ3v) is 2.09. The fourth-order valence-corrected chi connectivity index (χ4v) is 1.47. The first-order valence-electron chi connectivity index (χ1n) is 3.04. The van der Waals surface area contributed by atoms with Crippen molar-refractivity contribution in [1.29, 1.82) is 0 Å². The van der Waals surface area contributed by atoms with E-state index in [1.807, 2.05) is 6.07 Å². The lowest BCUT2D eigenvalue weighted by atomic mass is 10.4. The van der Waals surface area contributed by atoms with Crippen LogP contribution >= 0.6 is 11.3 Å². The van der Waals surface area contributed by atoms with Crippen molar-refractivity contribution in [3.05, 3.63) is 21.9 Å². The molecule has 0 radical (unpaired) electrons. The lowest BCUT2D eigenvalue weighted by Gasteiger charge is -1.93. The van der Waals surface area contributed by atoms with Gasteiger partial charge in [0.2, 0.25) is 0 Å². The van der Waals surface area contributed by atoms with Gasteiger partial charge in [-0.25, -0.2) is 9.78 Å². The van der Waals surface area contributed by atoms with Crippen LogP contribution in [0.3, 0.4) is 0 Å². The number of aryl methyl sites for hydroxylation is 1. The van der Waals surface area contributed by atoms with Gasteiger partial charge in [0.05, 0.1) is 7.11 Å². The van der Waals surface area contributed by atoms with Crippen LogP contribution in [0, 0.1) is 6.92 Å². The molecule has 1 aromatic rings. The molecule has 2 nitrogen and oxygen atoms in total. The molecule has 0 bridgehead atoms. The minimum atomic E-state index is 0.551. The molecule has 0 aliphatic rings. The van der Waals surface area contributed by atoms with Crippen molar-refractivity contribution in [2.24, 2.45) is 0 Å². The van der Waals surface area contributed by atoms with E-state index in [0.717, 1.165) is 0 Å². The molecule has 56 valence electrons. The lowest BCUT2D eigenvalue weighted by Crippen LogP contribution is -1.86. The minimum absolute atomic E-state index is 0.551. The zero-order valence-corrected chi connectivity index (χ0v) is 6.90. The van der Waals surface area contributed by atoms with Crippen LogP contribution in [-0.2, 0) is 16.4 Å². The molecule has 0 saturated heterocycles. The highest BCUT2D eigenvalue weighted by Crippen LogP contribution is 2.15. The van der Waals surface area contributed by atoms with E-state index < -0.39 is 0 Å². The van der Waals surface area contributed by atoms with Gasteiger partial charge in [-0.05, 0) is 19.1 Å². The number of hydrogen-bond acceptors (Lipinski definition) is 3. The lowest BCUT2D eigenvalue weighted by molar-refractivity contribution is -0.281. The maximum Gasteiger partial charge on any atom is 0.116 e. The van der Waals surface area contributed by atoms with Gasteiger partial charge in [-0.2, -0.15) is 0 Å². The van der Waals surface area contributed by atoms with E-state index >= 15 is 0 Å². The van der Waals surface area contributed by atoms with Crippen LogP contribution in [0.15, 0.2) is 12.1 Å². The Morgan fingerprint density at radius 3 is 2.80 bits per heavy atom. The van der Waals surface area contributed by atoms with E-state index in [1.54, 1.807) is 11.3 Å². The number of hydrogen-bond donors (Lipinski definition) is 0. The van der Waals surface area contributed by atoms with Gasteiger partial charge in [0.25, 0.3) is 0 Å². The van der Waals surface area contributed by atoms with Crippen molar-refractivity contribution in [3.63, 3.8) is 0 Å². The maximum absolute atomic E-state index is 4.74. The minimum Gasteiger partial charge on any atom is -0.240 e. The van der Waals surface area contributed by atoms with Gasteiger partial charge in [0.15, 0.2) is 0 Å². The first-order chi connectivity index (χ1) is 4.83. The van der Waals surface area contributed by atoms with E-state index in [1.165, 1.54) is 16.9 Å². The van der Waals surface area contributed by atoms with E-state index in [9.17, 15) is 0 Å². The summed E-state index contributed by atoms with van der Waals surface area (Å²) in [5.74, 6) is 0. The maximum atomic E-state index is 4.74. The van der Waals surface area contributed by atoms with Crippen LogP contribution in [0.4, 0.5) is 0 Å². The molecule has 0 atom stereocenters. The second kappa shape index (κ2) is 3.71. The van der Waals surface area contributed by atoms with Crippen molar-refractivity contribution in [3.8, 4) is 0 Å². The summed E-state index contributed by atoms with van der Waals surface area (Å²) in [5, 5.41) is 0. The van der Waals surface area contributed by atoms with Crippen LogP contribution in [0.2, 0.25) is 0 Å². The zero-order chi connectivity index (χ0) is 7.40. The second-order valence-corrected chi connectivity index (χ2v) is 3.31. The SMILES string of the molecule is COOCc1ccc(C)s1. The molecule has 0 spiro atoms. The molecule has 0 amide bonds. The number of thiophene rings is 1. The molecule has 0 N–H and O–H groups in total. The Balaban J connectivity index is 2.42. The smallest absolute Gasteiger partial charge is 0.116 e. The Kier molecular flexibility index (Phi) is 2.86. The zero-order valence-electron chi connectivity index (χ0n) is 6.09. The summed E-state index contributed by atoms with van der Waals surface area (Å²) in [6, 6.07) is 4.11. The molecule has 1 rings (SSSR count). The molecule has 1 aromatic heterocycles. The topological polar surface area (TPSA) is 18.5 Å². The Bertz CT molecular complexity index is 195.